The van der Waals surface area contributed by atoms with Crippen molar-refractivity contribution in [3.63, 3.8) is 0 Å². The van der Waals surface area contributed by atoms with Crippen molar-refractivity contribution in [2.24, 2.45) is 11.0 Å². The summed E-state index contributed by atoms with van der Waals surface area (Å²) in [6, 6.07) is 23.7. The smallest absolute Gasteiger partial charge is 0.266 e. The molecule has 198 valence electrons. The molecule has 5 rings (SSSR count). The lowest BCUT2D eigenvalue weighted by molar-refractivity contribution is -0.143. The number of amidine groups is 1. The number of hydrazone groups is 1. The quantitative estimate of drug-likeness (QED) is 0.329. The Bertz CT molecular complexity index is 1540. The molecule has 4 aromatic rings. The second-order valence-corrected chi connectivity index (χ2v) is 10.1. The summed E-state index contributed by atoms with van der Waals surface area (Å²) >= 11 is 0. The van der Waals surface area contributed by atoms with E-state index in [-0.39, 0.29) is 23.6 Å². The second-order valence-electron chi connectivity index (χ2n) is 10.1. The molecule has 8 heteroatoms. The fraction of sp³-hybridized carbons (Fsp3) is 0.226. The van der Waals surface area contributed by atoms with Gasteiger partial charge in [-0.15, -0.1) is 0 Å². The number of benzene rings is 3. The van der Waals surface area contributed by atoms with Crippen molar-refractivity contribution in [3.8, 4) is 0 Å². The van der Waals surface area contributed by atoms with Gasteiger partial charge in [-0.05, 0) is 37.5 Å². The first-order chi connectivity index (χ1) is 18.8. The number of aryl methyl sites for hydroxylation is 1. The zero-order valence-corrected chi connectivity index (χ0v) is 22.1. The minimum absolute atomic E-state index is 0.0967. The zero-order valence-electron chi connectivity index (χ0n) is 22.1. The van der Waals surface area contributed by atoms with E-state index in [0.717, 1.165) is 16.6 Å². The number of fused-ring (bicyclic) bond motifs is 1. The normalized spacial score (nSPS) is 16.1. The fourth-order valence-corrected chi connectivity index (χ4v) is 4.98. The van der Waals surface area contributed by atoms with Gasteiger partial charge < -0.3 is 15.6 Å². The summed E-state index contributed by atoms with van der Waals surface area (Å²) in [5, 5.41) is 12.6. The highest BCUT2D eigenvalue weighted by atomic mass is 16.2. The molecule has 0 saturated heterocycles. The SMILES string of the molecule is Cc1[nH]c2ccccc2c1[C@H]1C(=O)NC(c2ccccc2)=NN1C(=O)[C@@H](CC(C)C)NC(=O)c1ccccc1. The summed E-state index contributed by atoms with van der Waals surface area (Å²) in [5.41, 5.74) is 3.42. The van der Waals surface area contributed by atoms with Crippen molar-refractivity contribution in [1.82, 2.24) is 20.6 Å². The van der Waals surface area contributed by atoms with E-state index in [4.69, 9.17) is 5.10 Å². The van der Waals surface area contributed by atoms with Gasteiger partial charge in [-0.2, -0.15) is 5.10 Å². The zero-order chi connectivity index (χ0) is 27.5. The predicted octanol–water partition coefficient (Wildman–Crippen LogP) is 4.68. The van der Waals surface area contributed by atoms with Crippen LogP contribution in [0.2, 0.25) is 0 Å². The number of aromatic nitrogens is 1. The molecule has 0 radical (unpaired) electrons. The van der Waals surface area contributed by atoms with Crippen LogP contribution in [0.4, 0.5) is 0 Å². The Kier molecular flexibility index (Phi) is 7.27. The molecule has 0 unspecified atom stereocenters. The molecule has 0 bridgehead atoms. The van der Waals surface area contributed by atoms with Crippen LogP contribution in [-0.2, 0) is 9.59 Å². The standard InChI is InChI=1S/C31H31N5O3/c1-19(2)18-25(33-29(37)22-14-8-5-9-15-22)31(39)36-27(26-20(3)32-24-17-11-10-16-23(24)26)30(38)34-28(35-36)21-12-6-4-7-13-21/h4-17,19,25,27,32H,18H2,1-3H3,(H,33,37)(H,34,35,38)/t25-,27+/m1/s1. The van der Waals surface area contributed by atoms with Gasteiger partial charge in [0.2, 0.25) is 0 Å². The molecule has 8 nitrogen and oxygen atoms in total. The highest BCUT2D eigenvalue weighted by molar-refractivity contribution is 6.13. The number of amides is 3. The minimum Gasteiger partial charge on any atom is -0.358 e. The Hall–Kier alpha value is -4.72. The maximum Gasteiger partial charge on any atom is 0.266 e. The third-order valence-electron chi connectivity index (χ3n) is 6.78. The summed E-state index contributed by atoms with van der Waals surface area (Å²) < 4.78 is 0. The first-order valence-corrected chi connectivity index (χ1v) is 13.0. The van der Waals surface area contributed by atoms with E-state index in [1.807, 2.05) is 81.4 Å². The van der Waals surface area contributed by atoms with Crippen LogP contribution in [0.1, 0.15) is 53.5 Å². The van der Waals surface area contributed by atoms with Crippen molar-refractivity contribution < 1.29 is 14.4 Å². The van der Waals surface area contributed by atoms with E-state index >= 15 is 0 Å². The molecule has 2 heterocycles. The Morgan fingerprint density at radius 2 is 1.59 bits per heavy atom. The van der Waals surface area contributed by atoms with Gasteiger partial charge in [-0.1, -0.05) is 80.6 Å². The first-order valence-electron chi connectivity index (χ1n) is 13.0. The van der Waals surface area contributed by atoms with Crippen LogP contribution in [0.3, 0.4) is 0 Å². The van der Waals surface area contributed by atoms with Crippen LogP contribution >= 0.6 is 0 Å². The first kappa shape index (κ1) is 25.9. The molecule has 0 spiro atoms. The number of hydrogen-bond acceptors (Lipinski definition) is 4. The number of H-pyrrole nitrogens is 1. The van der Waals surface area contributed by atoms with Gasteiger partial charge in [0.15, 0.2) is 11.9 Å². The molecule has 1 aromatic heterocycles. The molecule has 39 heavy (non-hydrogen) atoms. The monoisotopic (exact) mass is 521 g/mol. The minimum atomic E-state index is -1.02. The van der Waals surface area contributed by atoms with Crippen LogP contribution in [0.15, 0.2) is 90.0 Å². The number of rotatable bonds is 7. The number of aromatic amines is 1. The third-order valence-corrected chi connectivity index (χ3v) is 6.78. The lowest BCUT2D eigenvalue weighted by Crippen LogP contribution is -2.55. The second kappa shape index (κ2) is 10.9. The van der Waals surface area contributed by atoms with Gasteiger partial charge in [-0.3, -0.25) is 14.4 Å². The summed E-state index contributed by atoms with van der Waals surface area (Å²) in [5.74, 6) is -0.809. The van der Waals surface area contributed by atoms with Gasteiger partial charge in [0.25, 0.3) is 17.7 Å². The Balaban J connectivity index is 1.60. The molecule has 0 aliphatic carbocycles. The summed E-state index contributed by atoms with van der Waals surface area (Å²) in [6.07, 6.45) is 0.380. The van der Waals surface area contributed by atoms with Crippen LogP contribution in [0.5, 0.6) is 0 Å². The van der Waals surface area contributed by atoms with Gasteiger partial charge >= 0.3 is 0 Å². The topological polar surface area (TPSA) is 107 Å². The fourth-order valence-electron chi connectivity index (χ4n) is 4.98. The predicted molar refractivity (Wildman–Crippen MR) is 151 cm³/mol. The number of hydrogen-bond donors (Lipinski definition) is 3. The third kappa shape index (κ3) is 5.31. The Morgan fingerprint density at radius 3 is 2.28 bits per heavy atom. The largest absolute Gasteiger partial charge is 0.358 e. The molecular formula is C31H31N5O3. The van der Waals surface area contributed by atoms with Crippen molar-refractivity contribution in [3.05, 3.63) is 107 Å². The van der Waals surface area contributed by atoms with Crippen molar-refractivity contribution in [2.75, 3.05) is 0 Å². The van der Waals surface area contributed by atoms with Gasteiger partial charge in [0.05, 0.1) is 0 Å². The molecule has 2 atom stereocenters. The lowest BCUT2D eigenvalue weighted by Gasteiger charge is -2.34. The summed E-state index contributed by atoms with van der Waals surface area (Å²) in [7, 11) is 0. The van der Waals surface area contributed by atoms with Crippen LogP contribution < -0.4 is 10.6 Å². The van der Waals surface area contributed by atoms with E-state index in [9.17, 15) is 14.4 Å². The van der Waals surface area contributed by atoms with E-state index in [2.05, 4.69) is 15.6 Å². The molecule has 1 aliphatic rings. The maximum atomic E-state index is 14.3. The highest BCUT2D eigenvalue weighted by Crippen LogP contribution is 2.34. The Labute approximate surface area is 227 Å². The Morgan fingerprint density at radius 1 is 0.949 bits per heavy atom. The van der Waals surface area contributed by atoms with Crippen LogP contribution in [0, 0.1) is 12.8 Å². The maximum absolute atomic E-state index is 14.3. The molecule has 1 aliphatic heterocycles. The van der Waals surface area contributed by atoms with Gasteiger partial charge in [-0.25, -0.2) is 5.01 Å². The van der Waals surface area contributed by atoms with Crippen molar-refractivity contribution >= 4 is 34.5 Å². The molecular weight excluding hydrogens is 490 g/mol. The van der Waals surface area contributed by atoms with Crippen molar-refractivity contribution in [2.45, 2.75) is 39.3 Å². The number of carbonyl (C=O) groups is 3. The van der Waals surface area contributed by atoms with E-state index in [1.54, 1.807) is 24.3 Å². The molecule has 3 N–H and O–H groups in total. The number of para-hydroxylation sites is 1. The average Bonchev–Trinajstić information content (AvgIpc) is 3.27. The number of nitrogens with zero attached hydrogens (tertiary/aromatic N) is 2. The van der Waals surface area contributed by atoms with Crippen LogP contribution in [0.25, 0.3) is 10.9 Å². The molecule has 0 fully saturated rings. The molecule has 3 amide bonds. The lowest BCUT2D eigenvalue weighted by atomic mass is 9.98. The number of nitrogens with one attached hydrogen (secondary N) is 3. The summed E-state index contributed by atoms with van der Waals surface area (Å²) in [6.45, 7) is 5.85. The van der Waals surface area contributed by atoms with E-state index in [0.29, 0.717) is 23.1 Å². The van der Waals surface area contributed by atoms with E-state index < -0.39 is 18.0 Å². The van der Waals surface area contributed by atoms with Crippen molar-refractivity contribution in [1.29, 1.82) is 0 Å². The van der Waals surface area contributed by atoms with Gasteiger partial charge in [0, 0.05) is 33.3 Å². The molecule has 3 aromatic carbocycles. The van der Waals surface area contributed by atoms with E-state index in [1.165, 1.54) is 5.01 Å². The van der Waals surface area contributed by atoms with Crippen LogP contribution in [-0.4, -0.2) is 39.6 Å². The average molecular weight is 522 g/mol. The molecule has 0 saturated carbocycles. The number of carbonyl (C=O) groups excluding carboxylic acids is 3. The van der Waals surface area contributed by atoms with Gasteiger partial charge in [0.1, 0.15) is 6.04 Å². The highest BCUT2D eigenvalue weighted by Gasteiger charge is 2.41. The summed E-state index contributed by atoms with van der Waals surface area (Å²) in [4.78, 5) is 44.5.